The Balaban J connectivity index is 2.49. The first-order valence-electron chi connectivity index (χ1n) is 8.83. The maximum atomic E-state index is 12.4. The molecule has 0 spiro atoms. The molecular weight excluding hydrogens is 362 g/mol. The van der Waals surface area contributed by atoms with Crippen molar-refractivity contribution in [3.63, 3.8) is 0 Å². The van der Waals surface area contributed by atoms with Gasteiger partial charge in [-0.25, -0.2) is 20.3 Å². The second kappa shape index (κ2) is 9.95. The van der Waals surface area contributed by atoms with Crippen LogP contribution < -0.4 is 15.4 Å². The molecule has 0 aromatic heterocycles. The van der Waals surface area contributed by atoms with Crippen LogP contribution in [0.15, 0.2) is 47.4 Å². The summed E-state index contributed by atoms with van der Waals surface area (Å²) >= 11 is 0. The van der Waals surface area contributed by atoms with Gasteiger partial charge in [0.2, 0.25) is 0 Å². The average molecular weight is 388 g/mol. The third-order valence-corrected chi connectivity index (χ3v) is 4.95. The molecular formula is C20H25N3O3S. The highest BCUT2D eigenvalue weighted by Gasteiger charge is 2.21. The number of rotatable bonds is 10. The number of para-hydroxylation sites is 1. The van der Waals surface area contributed by atoms with E-state index >= 15 is 0 Å². The van der Waals surface area contributed by atoms with Gasteiger partial charge in [0.05, 0.1) is 5.69 Å². The van der Waals surface area contributed by atoms with Gasteiger partial charge in [-0.3, -0.25) is 4.85 Å². The number of anilines is 1. The molecule has 144 valence electrons. The highest BCUT2D eigenvalue weighted by molar-refractivity contribution is 7.90. The Hall–Kier alpha value is -2.56. The van der Waals surface area contributed by atoms with Crippen LogP contribution >= 0.6 is 0 Å². The van der Waals surface area contributed by atoms with Gasteiger partial charge < -0.3 is 10.1 Å². The highest BCUT2D eigenvalue weighted by atomic mass is 32.2. The van der Waals surface area contributed by atoms with Crippen LogP contribution in [-0.4, -0.2) is 27.9 Å². The fourth-order valence-electron chi connectivity index (χ4n) is 2.54. The second-order valence-corrected chi connectivity index (χ2v) is 8.17. The van der Waals surface area contributed by atoms with Crippen LogP contribution in [0.1, 0.15) is 25.3 Å². The summed E-state index contributed by atoms with van der Waals surface area (Å²) < 4.78 is 30.8. The topological polar surface area (TPSA) is 71.8 Å². The van der Waals surface area contributed by atoms with Gasteiger partial charge in [0.1, 0.15) is 10.6 Å². The Morgan fingerprint density at radius 2 is 1.93 bits per heavy atom. The van der Waals surface area contributed by atoms with Crippen LogP contribution in [0.5, 0.6) is 11.5 Å². The summed E-state index contributed by atoms with van der Waals surface area (Å²) in [6.45, 7) is 10.2. The summed E-state index contributed by atoms with van der Waals surface area (Å²) in [5.41, 5.74) is 1.41. The molecule has 0 radical (unpaired) electrons. The fraction of sp³-hybridized carbons (Fsp3) is 0.350. The van der Waals surface area contributed by atoms with Crippen molar-refractivity contribution in [1.29, 1.82) is 0 Å². The molecule has 27 heavy (non-hydrogen) atoms. The highest BCUT2D eigenvalue weighted by Crippen LogP contribution is 2.37. The van der Waals surface area contributed by atoms with Crippen molar-refractivity contribution in [3.8, 4) is 11.5 Å². The Morgan fingerprint density at radius 3 is 2.56 bits per heavy atom. The second-order valence-electron chi connectivity index (χ2n) is 6.18. The molecule has 2 aromatic carbocycles. The van der Waals surface area contributed by atoms with Gasteiger partial charge >= 0.3 is 0 Å². The van der Waals surface area contributed by atoms with E-state index in [0.29, 0.717) is 30.3 Å². The van der Waals surface area contributed by atoms with Crippen molar-refractivity contribution in [2.45, 2.75) is 31.2 Å². The summed E-state index contributed by atoms with van der Waals surface area (Å²) in [4.78, 5) is 3.39. The van der Waals surface area contributed by atoms with Crippen LogP contribution in [0, 0.1) is 6.57 Å². The Labute approximate surface area is 161 Å². The largest absolute Gasteiger partial charge is 0.454 e. The van der Waals surface area contributed by atoms with E-state index in [1.807, 2.05) is 24.3 Å². The fourth-order valence-corrected chi connectivity index (χ4v) is 3.39. The molecule has 0 heterocycles. The number of nitrogens with one attached hydrogen (secondary N) is 2. The van der Waals surface area contributed by atoms with Crippen LogP contribution in [-0.2, 0) is 16.4 Å². The molecule has 0 atom stereocenters. The molecule has 0 amide bonds. The number of benzene rings is 2. The van der Waals surface area contributed by atoms with Crippen molar-refractivity contribution >= 4 is 15.5 Å². The maximum Gasteiger partial charge on any atom is 0.268 e. The molecule has 0 bridgehead atoms. The summed E-state index contributed by atoms with van der Waals surface area (Å²) in [5.74, 6) is 0.869. The van der Waals surface area contributed by atoms with E-state index in [0.717, 1.165) is 18.4 Å². The quantitative estimate of drug-likeness (QED) is 0.475. The SMILES string of the molecule is [C-]#[N+]CNCc1cc(NCCCC)c(Oc2ccccc2)c(S(C)(=O)=O)c1. The summed E-state index contributed by atoms with van der Waals surface area (Å²) in [5, 5.41) is 6.28. The zero-order valence-electron chi connectivity index (χ0n) is 15.7. The average Bonchev–Trinajstić information content (AvgIpc) is 2.63. The molecule has 0 unspecified atom stereocenters. The first-order valence-corrected chi connectivity index (χ1v) is 10.7. The molecule has 2 rings (SSSR count). The smallest absolute Gasteiger partial charge is 0.268 e. The molecule has 0 saturated carbocycles. The van der Waals surface area contributed by atoms with Crippen LogP contribution in [0.25, 0.3) is 4.85 Å². The molecule has 0 aliphatic carbocycles. The minimum atomic E-state index is -3.51. The lowest BCUT2D eigenvalue weighted by molar-refractivity contribution is 0.469. The Kier molecular flexibility index (Phi) is 7.65. The van der Waals surface area contributed by atoms with Crippen molar-refractivity contribution in [2.75, 3.05) is 24.8 Å². The maximum absolute atomic E-state index is 12.4. The zero-order valence-corrected chi connectivity index (χ0v) is 16.5. The predicted molar refractivity (Wildman–Crippen MR) is 108 cm³/mol. The zero-order chi connectivity index (χ0) is 19.7. The molecule has 2 N–H and O–H groups in total. The Bertz CT molecular complexity index is 891. The van der Waals surface area contributed by atoms with Gasteiger partial charge in [-0.05, 0) is 36.2 Å². The van der Waals surface area contributed by atoms with Gasteiger partial charge in [-0.2, -0.15) is 0 Å². The third-order valence-electron chi connectivity index (χ3n) is 3.84. The minimum Gasteiger partial charge on any atom is -0.454 e. The van der Waals surface area contributed by atoms with Crippen LogP contribution in [0.3, 0.4) is 0 Å². The molecule has 0 aliphatic heterocycles. The monoisotopic (exact) mass is 387 g/mol. The molecule has 0 fully saturated rings. The van der Waals surface area contributed by atoms with Crippen LogP contribution in [0.2, 0.25) is 0 Å². The number of sulfone groups is 1. The first kappa shape index (κ1) is 20.7. The molecule has 0 saturated heterocycles. The van der Waals surface area contributed by atoms with E-state index < -0.39 is 9.84 Å². The van der Waals surface area contributed by atoms with E-state index in [9.17, 15) is 8.42 Å². The molecule has 6 nitrogen and oxygen atoms in total. The van der Waals surface area contributed by atoms with Crippen molar-refractivity contribution in [3.05, 3.63) is 59.4 Å². The van der Waals surface area contributed by atoms with Gasteiger partial charge in [0.15, 0.2) is 15.6 Å². The van der Waals surface area contributed by atoms with E-state index in [1.165, 1.54) is 6.26 Å². The lowest BCUT2D eigenvalue weighted by atomic mass is 10.1. The van der Waals surface area contributed by atoms with Crippen molar-refractivity contribution in [1.82, 2.24) is 5.32 Å². The number of hydrogen-bond donors (Lipinski definition) is 2. The Morgan fingerprint density at radius 1 is 1.19 bits per heavy atom. The van der Waals surface area contributed by atoms with Crippen molar-refractivity contribution in [2.24, 2.45) is 0 Å². The standard InChI is InChI=1S/C20H25N3O3S/c1-4-5-11-23-18-12-16(14-22-15-21-2)13-19(27(3,24)25)20(18)26-17-9-7-6-8-10-17/h6-10,12-13,22-23H,4-5,11,14-15H2,1,3H3. The number of nitrogens with zero attached hydrogens (tertiary/aromatic N) is 1. The number of unbranched alkanes of at least 4 members (excludes halogenated alkanes) is 1. The van der Waals surface area contributed by atoms with Crippen LogP contribution in [0.4, 0.5) is 5.69 Å². The normalized spacial score (nSPS) is 11.0. The van der Waals surface area contributed by atoms with E-state index in [1.54, 1.807) is 18.2 Å². The lowest BCUT2D eigenvalue weighted by Crippen LogP contribution is -2.14. The van der Waals surface area contributed by atoms with E-state index in [4.69, 9.17) is 11.3 Å². The summed E-state index contributed by atoms with van der Waals surface area (Å²) in [6.07, 6.45) is 3.15. The van der Waals surface area contributed by atoms with Gasteiger partial charge in [-0.1, -0.05) is 31.5 Å². The minimum absolute atomic E-state index is 0.132. The molecule has 0 aliphatic rings. The lowest BCUT2D eigenvalue weighted by Gasteiger charge is -2.18. The first-order chi connectivity index (χ1) is 13.0. The van der Waals surface area contributed by atoms with E-state index in [-0.39, 0.29) is 11.6 Å². The van der Waals surface area contributed by atoms with E-state index in [2.05, 4.69) is 22.4 Å². The molecule has 2 aromatic rings. The van der Waals surface area contributed by atoms with Gasteiger partial charge in [0.25, 0.3) is 6.67 Å². The number of hydrogen-bond acceptors (Lipinski definition) is 5. The predicted octanol–water partition coefficient (Wildman–Crippen LogP) is 4.06. The number of ether oxygens (including phenoxy) is 1. The van der Waals surface area contributed by atoms with Gasteiger partial charge in [-0.15, -0.1) is 0 Å². The van der Waals surface area contributed by atoms with Crippen molar-refractivity contribution < 1.29 is 13.2 Å². The van der Waals surface area contributed by atoms with Gasteiger partial charge in [0, 0.05) is 19.3 Å². The summed E-state index contributed by atoms with van der Waals surface area (Å²) in [7, 11) is -3.51. The molecule has 7 heteroatoms. The third kappa shape index (κ3) is 6.27. The summed E-state index contributed by atoms with van der Waals surface area (Å²) in [6, 6.07) is 12.6.